The van der Waals surface area contributed by atoms with Gasteiger partial charge < -0.3 is 0 Å². The van der Waals surface area contributed by atoms with E-state index in [0.29, 0.717) is 23.0 Å². The molecule has 2 heterocycles. The van der Waals surface area contributed by atoms with Crippen molar-refractivity contribution >= 4 is 11.9 Å². The summed E-state index contributed by atoms with van der Waals surface area (Å²) in [4.78, 5) is 13.5. The van der Waals surface area contributed by atoms with Gasteiger partial charge >= 0.3 is 6.18 Å². The zero-order valence-electron chi connectivity index (χ0n) is 14.0. The van der Waals surface area contributed by atoms with E-state index in [0.717, 1.165) is 23.6 Å². The van der Waals surface area contributed by atoms with Gasteiger partial charge in [0.05, 0.1) is 11.3 Å². The Morgan fingerprint density at radius 1 is 1.04 bits per heavy atom. The second-order valence-corrected chi connectivity index (χ2v) is 7.10. The topological polar surface area (TPSA) is 64.7 Å². The molecule has 1 saturated carbocycles. The number of benzene rings is 1. The van der Waals surface area contributed by atoms with E-state index in [1.807, 2.05) is 24.3 Å². The van der Waals surface area contributed by atoms with Crippen molar-refractivity contribution in [2.45, 2.75) is 29.3 Å². The molecule has 0 aliphatic heterocycles. The summed E-state index contributed by atoms with van der Waals surface area (Å²) in [6.07, 6.45) is 0.260. The summed E-state index contributed by atoms with van der Waals surface area (Å²) in [5.41, 5.74) is 1.17. The van der Waals surface area contributed by atoms with E-state index in [1.165, 1.54) is 23.7 Å². The number of hydrogen-bond donors (Lipinski definition) is 1. The van der Waals surface area contributed by atoms with Gasteiger partial charge in [0.15, 0.2) is 0 Å². The predicted molar refractivity (Wildman–Crippen MR) is 96.9 cm³/mol. The maximum atomic E-state index is 12.9. The molecule has 2 atom stereocenters. The Hall–Kier alpha value is -2.45. The van der Waals surface area contributed by atoms with Crippen molar-refractivity contribution < 1.29 is 13.2 Å². The van der Waals surface area contributed by atoms with Gasteiger partial charge in [0.2, 0.25) is 0 Å². The third-order valence-corrected chi connectivity index (χ3v) is 5.15. The van der Waals surface area contributed by atoms with Crippen LogP contribution in [-0.4, -0.2) is 15.0 Å². The van der Waals surface area contributed by atoms with Crippen LogP contribution in [0.4, 0.5) is 13.2 Å². The number of rotatable bonds is 4. The van der Waals surface area contributed by atoms with E-state index in [4.69, 9.17) is 5.14 Å². The van der Waals surface area contributed by atoms with Crippen LogP contribution < -0.4 is 5.14 Å². The molecule has 1 aliphatic carbocycles. The normalized spacial score (nSPS) is 19.1. The highest BCUT2D eigenvalue weighted by Gasteiger charge is 2.41. The number of pyridine rings is 1. The smallest absolute Gasteiger partial charge is 0.274 e. The number of aromatic nitrogens is 3. The molecule has 8 heteroatoms. The first kappa shape index (κ1) is 17.9. The Kier molecular flexibility index (Phi) is 4.61. The zero-order chi connectivity index (χ0) is 19.0. The maximum Gasteiger partial charge on any atom is 0.417 e. The lowest BCUT2D eigenvalue weighted by Crippen LogP contribution is -2.05. The molecule has 138 valence electrons. The highest BCUT2D eigenvalue weighted by atomic mass is 32.2. The predicted octanol–water partition coefficient (Wildman–Crippen LogP) is 4.79. The number of nitrogens with zero attached hydrogens (tertiary/aromatic N) is 3. The van der Waals surface area contributed by atoms with Gasteiger partial charge in [-0.15, -0.1) is 0 Å². The monoisotopic (exact) mass is 388 g/mol. The fourth-order valence-electron chi connectivity index (χ4n) is 3.09. The summed E-state index contributed by atoms with van der Waals surface area (Å²) < 4.78 is 38.7. The molecule has 2 aromatic heterocycles. The molecule has 27 heavy (non-hydrogen) atoms. The standard InChI is InChI=1S/C19H15F3N4S/c20-19(21,22)13-7-12(9-24-10-13)17-5-6-25-18(26-17)16-8-15(16)11-1-3-14(27-23)4-2-11/h1-7,9-10,15-16H,8,23H2. The second-order valence-electron chi connectivity index (χ2n) is 6.40. The van der Waals surface area contributed by atoms with Crippen molar-refractivity contribution in [2.24, 2.45) is 5.14 Å². The van der Waals surface area contributed by atoms with Crippen molar-refractivity contribution in [3.8, 4) is 11.3 Å². The molecule has 2 unspecified atom stereocenters. The fraction of sp³-hybridized carbons (Fsp3) is 0.211. The summed E-state index contributed by atoms with van der Waals surface area (Å²) in [5.74, 6) is 1.13. The summed E-state index contributed by atoms with van der Waals surface area (Å²) in [7, 11) is 0. The quantitative estimate of drug-likeness (QED) is 0.651. The molecule has 0 saturated heterocycles. The largest absolute Gasteiger partial charge is 0.417 e. The second kappa shape index (κ2) is 6.94. The molecule has 1 aliphatic rings. The molecule has 1 aromatic carbocycles. The van der Waals surface area contributed by atoms with E-state index < -0.39 is 11.7 Å². The van der Waals surface area contributed by atoms with E-state index in [9.17, 15) is 13.2 Å². The van der Waals surface area contributed by atoms with Crippen LogP contribution in [0.2, 0.25) is 0 Å². The van der Waals surface area contributed by atoms with Crippen molar-refractivity contribution in [3.05, 3.63) is 71.9 Å². The lowest BCUT2D eigenvalue weighted by atomic mass is 10.1. The van der Waals surface area contributed by atoms with Gasteiger partial charge in [0.1, 0.15) is 5.82 Å². The minimum absolute atomic E-state index is 0.167. The average molecular weight is 388 g/mol. The van der Waals surface area contributed by atoms with Crippen LogP contribution in [-0.2, 0) is 6.18 Å². The van der Waals surface area contributed by atoms with Crippen LogP contribution in [0, 0.1) is 0 Å². The summed E-state index contributed by atoms with van der Waals surface area (Å²) in [6.45, 7) is 0. The fourth-order valence-corrected chi connectivity index (χ4v) is 3.38. The summed E-state index contributed by atoms with van der Waals surface area (Å²) >= 11 is 1.20. The zero-order valence-corrected chi connectivity index (χ0v) is 14.8. The van der Waals surface area contributed by atoms with Gasteiger partial charge in [-0.1, -0.05) is 12.1 Å². The van der Waals surface area contributed by atoms with E-state index in [2.05, 4.69) is 15.0 Å². The Morgan fingerprint density at radius 2 is 1.81 bits per heavy atom. The van der Waals surface area contributed by atoms with Crippen LogP contribution in [0.25, 0.3) is 11.3 Å². The van der Waals surface area contributed by atoms with Gasteiger partial charge in [0.25, 0.3) is 0 Å². The first-order valence-corrected chi connectivity index (χ1v) is 9.16. The molecule has 0 bridgehead atoms. The van der Waals surface area contributed by atoms with E-state index in [1.54, 1.807) is 12.3 Å². The molecule has 3 aromatic rings. The molecule has 2 N–H and O–H groups in total. The van der Waals surface area contributed by atoms with Crippen LogP contribution in [0.15, 0.2) is 59.9 Å². The molecular weight excluding hydrogens is 373 g/mol. The maximum absolute atomic E-state index is 12.9. The van der Waals surface area contributed by atoms with E-state index >= 15 is 0 Å². The lowest BCUT2D eigenvalue weighted by molar-refractivity contribution is -0.137. The number of nitrogens with two attached hydrogens (primary N) is 1. The minimum Gasteiger partial charge on any atom is -0.274 e. The Balaban J connectivity index is 1.57. The summed E-state index contributed by atoms with van der Waals surface area (Å²) in [6, 6.07) is 10.7. The third-order valence-electron chi connectivity index (χ3n) is 4.60. The first-order chi connectivity index (χ1) is 13.0. The molecular formula is C19H15F3N4S. The number of hydrogen-bond acceptors (Lipinski definition) is 5. The Labute approximate surface area is 158 Å². The van der Waals surface area contributed by atoms with Gasteiger partial charge in [-0.25, -0.2) is 9.97 Å². The minimum atomic E-state index is -4.44. The van der Waals surface area contributed by atoms with Gasteiger partial charge in [-0.2, -0.15) is 13.2 Å². The van der Waals surface area contributed by atoms with Crippen molar-refractivity contribution in [1.82, 2.24) is 15.0 Å². The molecule has 4 rings (SSSR count). The third kappa shape index (κ3) is 3.81. The van der Waals surface area contributed by atoms with Gasteiger partial charge in [-0.05, 0) is 54.1 Å². The molecule has 0 radical (unpaired) electrons. The number of alkyl halides is 3. The molecule has 0 spiro atoms. The van der Waals surface area contributed by atoms with Crippen molar-refractivity contribution in [2.75, 3.05) is 0 Å². The van der Waals surface area contributed by atoms with Gasteiger partial charge in [0, 0.05) is 35.0 Å². The average Bonchev–Trinajstić information content (AvgIpc) is 3.49. The highest BCUT2D eigenvalue weighted by Crippen LogP contribution is 2.53. The first-order valence-electron chi connectivity index (χ1n) is 8.28. The van der Waals surface area contributed by atoms with Crippen LogP contribution >= 0.6 is 11.9 Å². The molecule has 4 nitrogen and oxygen atoms in total. The SMILES string of the molecule is NSc1ccc(C2CC2c2nccc(-c3cncc(C(F)(F)F)c3)n2)cc1. The Bertz CT molecular complexity index is 960. The van der Waals surface area contributed by atoms with Crippen molar-refractivity contribution in [3.63, 3.8) is 0 Å². The van der Waals surface area contributed by atoms with Crippen molar-refractivity contribution in [1.29, 1.82) is 0 Å². The van der Waals surface area contributed by atoms with Crippen LogP contribution in [0.3, 0.4) is 0 Å². The van der Waals surface area contributed by atoms with E-state index in [-0.39, 0.29) is 5.92 Å². The number of halogens is 3. The summed E-state index contributed by atoms with van der Waals surface area (Å²) in [5, 5.41) is 5.54. The van der Waals surface area contributed by atoms with Crippen LogP contribution in [0.5, 0.6) is 0 Å². The molecule has 1 fully saturated rings. The van der Waals surface area contributed by atoms with Gasteiger partial charge in [-0.3, -0.25) is 10.1 Å². The highest BCUT2D eigenvalue weighted by molar-refractivity contribution is 7.97. The van der Waals surface area contributed by atoms with Crippen LogP contribution in [0.1, 0.15) is 35.2 Å². The Morgan fingerprint density at radius 3 is 2.52 bits per heavy atom. The molecule has 0 amide bonds. The lowest BCUT2D eigenvalue weighted by Gasteiger charge is -2.08.